The maximum atomic E-state index is 12.4. The molecule has 1 fully saturated rings. The van der Waals surface area contributed by atoms with Crippen molar-refractivity contribution in [3.05, 3.63) is 29.3 Å². The van der Waals surface area contributed by atoms with Gasteiger partial charge in [0.05, 0.1) is 5.41 Å². The number of nitrogens with zero attached hydrogens (tertiary/aromatic N) is 1. The zero-order valence-corrected chi connectivity index (χ0v) is 14.4. The summed E-state index contributed by atoms with van der Waals surface area (Å²) >= 11 is 0. The fraction of sp³-hybridized carbons (Fsp3) is 0.500. The van der Waals surface area contributed by atoms with Crippen LogP contribution in [0.3, 0.4) is 0 Å². The number of hydrogen-bond donors (Lipinski definition) is 2. The van der Waals surface area contributed by atoms with Crippen LogP contribution in [0.5, 0.6) is 0 Å². The summed E-state index contributed by atoms with van der Waals surface area (Å²) in [4.78, 5) is 37.4. The van der Waals surface area contributed by atoms with E-state index in [0.29, 0.717) is 11.3 Å². The second-order valence-electron chi connectivity index (χ2n) is 6.94. The van der Waals surface area contributed by atoms with Crippen molar-refractivity contribution in [2.45, 2.75) is 40.0 Å². The van der Waals surface area contributed by atoms with E-state index in [1.807, 2.05) is 11.8 Å². The van der Waals surface area contributed by atoms with Crippen LogP contribution in [-0.4, -0.2) is 40.9 Å². The van der Waals surface area contributed by atoms with Gasteiger partial charge in [-0.15, -0.1) is 0 Å². The Bertz CT molecular complexity index is 661. The van der Waals surface area contributed by atoms with E-state index >= 15 is 0 Å². The quantitative estimate of drug-likeness (QED) is 0.868. The number of carbonyl (C=O) groups is 3. The van der Waals surface area contributed by atoms with E-state index in [0.717, 1.165) is 31.5 Å². The van der Waals surface area contributed by atoms with Crippen LogP contribution >= 0.6 is 0 Å². The number of rotatable bonds is 5. The summed E-state index contributed by atoms with van der Waals surface area (Å²) in [5, 5.41) is 11.8. The highest BCUT2D eigenvalue weighted by Gasteiger charge is 2.30. The molecular weight excluding hydrogens is 308 g/mol. The highest BCUT2D eigenvalue weighted by Crippen LogP contribution is 2.23. The van der Waals surface area contributed by atoms with Crippen molar-refractivity contribution in [1.29, 1.82) is 0 Å². The molecule has 0 unspecified atom stereocenters. The van der Waals surface area contributed by atoms with Gasteiger partial charge in [0.1, 0.15) is 0 Å². The van der Waals surface area contributed by atoms with Crippen LogP contribution in [0, 0.1) is 12.3 Å². The Kier molecular flexibility index (Phi) is 5.26. The molecular formula is C18H24N2O4. The summed E-state index contributed by atoms with van der Waals surface area (Å²) in [6.45, 7) is 6.43. The number of nitrogens with one attached hydrogen (secondary N) is 1. The van der Waals surface area contributed by atoms with Gasteiger partial charge in [-0.1, -0.05) is 0 Å². The largest absolute Gasteiger partial charge is 0.481 e. The van der Waals surface area contributed by atoms with Gasteiger partial charge in [0, 0.05) is 30.8 Å². The summed E-state index contributed by atoms with van der Waals surface area (Å²) in [5.41, 5.74) is 0.864. The molecule has 2 N–H and O–H groups in total. The van der Waals surface area contributed by atoms with Gasteiger partial charge in [-0.2, -0.15) is 0 Å². The first-order chi connectivity index (χ1) is 11.2. The van der Waals surface area contributed by atoms with E-state index in [9.17, 15) is 14.4 Å². The third kappa shape index (κ3) is 4.13. The molecule has 130 valence electrons. The molecule has 24 heavy (non-hydrogen) atoms. The number of amides is 2. The third-order valence-corrected chi connectivity index (χ3v) is 4.32. The van der Waals surface area contributed by atoms with Crippen LogP contribution in [0.2, 0.25) is 0 Å². The lowest BCUT2D eigenvalue weighted by molar-refractivity contribution is -0.148. The third-order valence-electron chi connectivity index (χ3n) is 4.32. The number of benzene rings is 1. The average molecular weight is 332 g/mol. The van der Waals surface area contributed by atoms with Gasteiger partial charge in [0.25, 0.3) is 5.91 Å². The smallest absolute Gasteiger partial charge is 0.309 e. The number of aliphatic carboxylic acids is 1. The minimum absolute atomic E-state index is 0.0143. The minimum atomic E-state index is -1.12. The normalized spacial score (nSPS) is 14.5. The summed E-state index contributed by atoms with van der Waals surface area (Å²) in [7, 11) is 0. The second-order valence-corrected chi connectivity index (χ2v) is 6.94. The molecule has 0 aromatic heterocycles. The van der Waals surface area contributed by atoms with Crippen molar-refractivity contribution in [3.8, 4) is 0 Å². The number of likely N-dealkylation sites (tertiary alicyclic amines) is 1. The van der Waals surface area contributed by atoms with Gasteiger partial charge in [0.15, 0.2) is 0 Å². The number of carbonyl (C=O) groups excluding carboxylic acids is 2. The molecule has 1 aromatic rings. The summed E-state index contributed by atoms with van der Waals surface area (Å²) in [5.74, 6) is -1.36. The molecule has 2 amide bonds. The van der Waals surface area contributed by atoms with Crippen molar-refractivity contribution < 1.29 is 19.5 Å². The first-order valence-electron chi connectivity index (χ1n) is 8.14. The molecule has 1 heterocycles. The molecule has 1 aliphatic heterocycles. The van der Waals surface area contributed by atoms with E-state index in [-0.39, 0.29) is 18.2 Å². The molecule has 1 saturated heterocycles. The lowest BCUT2D eigenvalue weighted by atomic mass is 9.89. The van der Waals surface area contributed by atoms with E-state index in [4.69, 9.17) is 5.11 Å². The van der Waals surface area contributed by atoms with Crippen LogP contribution < -0.4 is 5.32 Å². The SMILES string of the molecule is Cc1cc(C(=O)N2CCCC2)ccc1NC(=O)CC(C)(C)C(=O)O. The van der Waals surface area contributed by atoms with E-state index in [1.54, 1.807) is 18.2 Å². The molecule has 0 aliphatic carbocycles. The lowest BCUT2D eigenvalue weighted by Gasteiger charge is -2.19. The molecule has 6 nitrogen and oxygen atoms in total. The zero-order valence-electron chi connectivity index (χ0n) is 14.4. The molecule has 0 atom stereocenters. The van der Waals surface area contributed by atoms with Crippen LogP contribution in [-0.2, 0) is 9.59 Å². The predicted molar refractivity (Wildman–Crippen MR) is 91.0 cm³/mol. The molecule has 2 rings (SSSR count). The number of hydrogen-bond acceptors (Lipinski definition) is 3. The van der Waals surface area contributed by atoms with Crippen LogP contribution in [0.15, 0.2) is 18.2 Å². The maximum Gasteiger partial charge on any atom is 0.309 e. The number of carboxylic acid groups (broad SMARTS) is 1. The van der Waals surface area contributed by atoms with Gasteiger partial charge in [0.2, 0.25) is 5.91 Å². The minimum Gasteiger partial charge on any atom is -0.481 e. The zero-order chi connectivity index (χ0) is 17.9. The number of anilines is 1. The van der Waals surface area contributed by atoms with Gasteiger partial charge in [-0.05, 0) is 57.4 Å². The molecule has 1 aliphatic rings. The Labute approximate surface area is 141 Å². The second kappa shape index (κ2) is 7.03. The van der Waals surface area contributed by atoms with Crippen LogP contribution in [0.1, 0.15) is 49.0 Å². The Hall–Kier alpha value is -2.37. The van der Waals surface area contributed by atoms with Crippen LogP contribution in [0.25, 0.3) is 0 Å². The molecule has 6 heteroatoms. The fourth-order valence-corrected chi connectivity index (χ4v) is 2.71. The summed E-state index contributed by atoms with van der Waals surface area (Å²) in [6.07, 6.45) is 1.96. The molecule has 0 radical (unpaired) electrons. The maximum absolute atomic E-state index is 12.4. The Morgan fingerprint density at radius 1 is 1.21 bits per heavy atom. The first kappa shape index (κ1) is 18.0. The first-order valence-corrected chi connectivity index (χ1v) is 8.14. The molecule has 0 bridgehead atoms. The summed E-state index contributed by atoms with van der Waals surface area (Å²) < 4.78 is 0. The van der Waals surface area contributed by atoms with Crippen molar-refractivity contribution in [2.75, 3.05) is 18.4 Å². The monoisotopic (exact) mass is 332 g/mol. The van der Waals surface area contributed by atoms with E-state index in [2.05, 4.69) is 5.32 Å². The van der Waals surface area contributed by atoms with Crippen molar-refractivity contribution in [3.63, 3.8) is 0 Å². The highest BCUT2D eigenvalue weighted by molar-refractivity contribution is 5.97. The Morgan fingerprint density at radius 3 is 2.38 bits per heavy atom. The molecule has 1 aromatic carbocycles. The number of carboxylic acids is 1. The average Bonchev–Trinajstić information content (AvgIpc) is 3.02. The van der Waals surface area contributed by atoms with Gasteiger partial charge >= 0.3 is 5.97 Å². The Balaban J connectivity index is 2.05. The van der Waals surface area contributed by atoms with Crippen molar-refractivity contribution in [1.82, 2.24) is 4.90 Å². The van der Waals surface area contributed by atoms with E-state index in [1.165, 1.54) is 13.8 Å². The predicted octanol–water partition coefficient (Wildman–Crippen LogP) is 2.67. The van der Waals surface area contributed by atoms with E-state index < -0.39 is 11.4 Å². The summed E-state index contributed by atoms with van der Waals surface area (Å²) in [6, 6.07) is 5.16. The molecule has 0 saturated carbocycles. The van der Waals surface area contributed by atoms with Crippen molar-refractivity contribution >= 4 is 23.5 Å². The van der Waals surface area contributed by atoms with Gasteiger partial charge in [-0.25, -0.2) is 0 Å². The Morgan fingerprint density at radius 2 is 1.83 bits per heavy atom. The van der Waals surface area contributed by atoms with Crippen molar-refractivity contribution in [2.24, 2.45) is 5.41 Å². The molecule has 0 spiro atoms. The van der Waals surface area contributed by atoms with Gasteiger partial charge in [-0.3, -0.25) is 14.4 Å². The van der Waals surface area contributed by atoms with Gasteiger partial charge < -0.3 is 15.3 Å². The number of aryl methyl sites for hydroxylation is 1. The highest BCUT2D eigenvalue weighted by atomic mass is 16.4. The fourth-order valence-electron chi connectivity index (χ4n) is 2.71. The lowest BCUT2D eigenvalue weighted by Crippen LogP contribution is -2.30. The standard InChI is InChI=1S/C18H24N2O4/c1-12-10-13(16(22)20-8-4-5-9-20)6-7-14(12)19-15(21)11-18(2,3)17(23)24/h6-7,10H,4-5,8-9,11H2,1-3H3,(H,19,21)(H,23,24). The topological polar surface area (TPSA) is 86.7 Å². The van der Waals surface area contributed by atoms with Crippen LogP contribution in [0.4, 0.5) is 5.69 Å².